The highest BCUT2D eigenvalue weighted by atomic mass is 15.2. The van der Waals surface area contributed by atoms with Crippen molar-refractivity contribution in [3.8, 4) is 0 Å². The molecular weight excluding hydrogens is 220 g/mol. The maximum atomic E-state index is 3.68. The maximum absolute atomic E-state index is 3.68. The number of rotatable bonds is 4. The van der Waals surface area contributed by atoms with Gasteiger partial charge in [0.1, 0.15) is 0 Å². The smallest absolute Gasteiger partial charge is 0.0292 e. The van der Waals surface area contributed by atoms with Crippen LogP contribution in [-0.4, -0.2) is 31.1 Å². The first-order valence-electron chi connectivity index (χ1n) is 7.17. The number of aryl methyl sites for hydroxylation is 1. The first-order chi connectivity index (χ1) is 8.66. The molecule has 0 radical (unpaired) electrons. The summed E-state index contributed by atoms with van der Waals surface area (Å²) in [6.45, 7) is 6.75. The van der Waals surface area contributed by atoms with Crippen LogP contribution in [0.3, 0.4) is 0 Å². The molecule has 0 bridgehead atoms. The highest BCUT2D eigenvalue weighted by Crippen LogP contribution is 2.17. The number of hydrogen-bond donors (Lipinski definition) is 1. The van der Waals surface area contributed by atoms with E-state index in [1.54, 1.807) is 0 Å². The molecule has 0 amide bonds. The molecule has 1 unspecified atom stereocenters. The average molecular weight is 246 g/mol. The van der Waals surface area contributed by atoms with E-state index in [4.69, 9.17) is 0 Å². The molecule has 1 saturated heterocycles. The minimum absolute atomic E-state index is 0.445. The molecule has 0 aliphatic carbocycles. The Labute approximate surface area is 111 Å². The fraction of sp³-hybridized carbons (Fsp3) is 0.625. The van der Waals surface area contributed by atoms with Crippen LogP contribution in [0.1, 0.15) is 43.4 Å². The molecule has 1 aliphatic rings. The molecule has 2 heteroatoms. The molecule has 1 aromatic rings. The second-order valence-corrected chi connectivity index (χ2v) is 5.67. The van der Waals surface area contributed by atoms with E-state index >= 15 is 0 Å². The van der Waals surface area contributed by atoms with Gasteiger partial charge in [-0.2, -0.15) is 0 Å². The van der Waals surface area contributed by atoms with Crippen molar-refractivity contribution in [2.24, 2.45) is 0 Å². The third-order valence-corrected chi connectivity index (χ3v) is 4.16. The lowest BCUT2D eigenvalue weighted by molar-refractivity contribution is 0.178. The van der Waals surface area contributed by atoms with Gasteiger partial charge in [0, 0.05) is 18.6 Å². The second-order valence-electron chi connectivity index (χ2n) is 5.67. The van der Waals surface area contributed by atoms with Crippen LogP contribution < -0.4 is 5.32 Å². The molecule has 18 heavy (non-hydrogen) atoms. The lowest BCUT2D eigenvalue weighted by Gasteiger charge is -2.33. The van der Waals surface area contributed by atoms with Crippen molar-refractivity contribution in [1.82, 2.24) is 10.2 Å². The van der Waals surface area contributed by atoms with E-state index in [9.17, 15) is 0 Å². The summed E-state index contributed by atoms with van der Waals surface area (Å²) >= 11 is 0. The van der Waals surface area contributed by atoms with Gasteiger partial charge in [-0.05, 0) is 45.8 Å². The average Bonchev–Trinajstić information content (AvgIpc) is 2.38. The summed E-state index contributed by atoms with van der Waals surface area (Å²) in [4.78, 5) is 2.50. The zero-order valence-electron chi connectivity index (χ0n) is 11.9. The number of likely N-dealkylation sites (N-methyl/N-ethyl adjacent to an activating group) is 1. The van der Waals surface area contributed by atoms with Gasteiger partial charge in [0.05, 0.1) is 0 Å². The Kier molecular flexibility index (Phi) is 4.79. The fourth-order valence-corrected chi connectivity index (χ4v) is 2.69. The second kappa shape index (κ2) is 6.35. The maximum Gasteiger partial charge on any atom is 0.0292 e. The van der Waals surface area contributed by atoms with E-state index in [1.807, 2.05) is 0 Å². The minimum atomic E-state index is 0.445. The van der Waals surface area contributed by atoms with Gasteiger partial charge in [-0.25, -0.2) is 0 Å². The summed E-state index contributed by atoms with van der Waals surface area (Å²) in [6, 6.07) is 10.0. The molecule has 2 rings (SSSR count). The number of hydrogen-bond acceptors (Lipinski definition) is 2. The number of piperidine rings is 1. The molecular formula is C16H26N2. The molecule has 0 saturated carbocycles. The predicted octanol–water partition coefficient (Wildman–Crippen LogP) is 3.13. The molecule has 1 N–H and O–H groups in total. The van der Waals surface area contributed by atoms with E-state index in [-0.39, 0.29) is 0 Å². The number of likely N-dealkylation sites (tertiary alicyclic amines) is 1. The van der Waals surface area contributed by atoms with Gasteiger partial charge >= 0.3 is 0 Å². The third kappa shape index (κ3) is 3.56. The lowest BCUT2D eigenvalue weighted by Crippen LogP contribution is -2.43. The van der Waals surface area contributed by atoms with Gasteiger partial charge in [-0.1, -0.05) is 36.2 Å². The van der Waals surface area contributed by atoms with E-state index in [0.29, 0.717) is 12.1 Å². The monoisotopic (exact) mass is 246 g/mol. The van der Waals surface area contributed by atoms with Crippen LogP contribution >= 0.6 is 0 Å². The van der Waals surface area contributed by atoms with Crippen LogP contribution in [0, 0.1) is 6.92 Å². The van der Waals surface area contributed by atoms with Crippen LogP contribution in [0.15, 0.2) is 24.3 Å². The molecule has 1 heterocycles. The Morgan fingerprint density at radius 3 is 2.67 bits per heavy atom. The Balaban J connectivity index is 1.83. The van der Waals surface area contributed by atoms with E-state index in [2.05, 4.69) is 55.4 Å². The van der Waals surface area contributed by atoms with Crippen molar-refractivity contribution >= 4 is 0 Å². The Hall–Kier alpha value is -0.860. The summed E-state index contributed by atoms with van der Waals surface area (Å²) in [5, 5.41) is 3.68. The third-order valence-electron chi connectivity index (χ3n) is 4.16. The van der Waals surface area contributed by atoms with Gasteiger partial charge < -0.3 is 10.2 Å². The Morgan fingerprint density at radius 1 is 1.28 bits per heavy atom. The standard InChI is InChI=1S/C16H26N2/c1-13-7-9-15(10-8-13)14(2)17-12-16-6-4-5-11-18(16)3/h7-10,14,16-17H,4-6,11-12H2,1-3H3/t14-,16?/m1/s1. The van der Waals surface area contributed by atoms with E-state index in [0.717, 1.165) is 6.54 Å². The van der Waals surface area contributed by atoms with Gasteiger partial charge in [-0.3, -0.25) is 0 Å². The SMILES string of the molecule is Cc1ccc([C@@H](C)NCC2CCCCN2C)cc1. The molecule has 1 aromatic carbocycles. The highest BCUT2D eigenvalue weighted by molar-refractivity contribution is 5.23. The van der Waals surface area contributed by atoms with Crippen molar-refractivity contribution in [1.29, 1.82) is 0 Å². The predicted molar refractivity (Wildman–Crippen MR) is 77.9 cm³/mol. The van der Waals surface area contributed by atoms with Gasteiger partial charge in [0.15, 0.2) is 0 Å². The molecule has 2 nitrogen and oxygen atoms in total. The summed E-state index contributed by atoms with van der Waals surface area (Å²) < 4.78 is 0. The summed E-state index contributed by atoms with van der Waals surface area (Å²) in [5.74, 6) is 0. The van der Waals surface area contributed by atoms with Crippen LogP contribution in [-0.2, 0) is 0 Å². The first kappa shape index (κ1) is 13.6. The largest absolute Gasteiger partial charge is 0.309 e. The van der Waals surface area contributed by atoms with Crippen molar-refractivity contribution < 1.29 is 0 Å². The molecule has 1 fully saturated rings. The van der Waals surface area contributed by atoms with Crippen LogP contribution in [0.4, 0.5) is 0 Å². The van der Waals surface area contributed by atoms with E-state index in [1.165, 1.54) is 36.9 Å². The van der Waals surface area contributed by atoms with Gasteiger partial charge in [0.25, 0.3) is 0 Å². The van der Waals surface area contributed by atoms with Gasteiger partial charge in [0.2, 0.25) is 0 Å². The minimum Gasteiger partial charge on any atom is -0.309 e. The summed E-state index contributed by atoms with van der Waals surface area (Å²) in [7, 11) is 2.25. The number of nitrogens with one attached hydrogen (secondary N) is 1. The quantitative estimate of drug-likeness (QED) is 0.878. The number of benzene rings is 1. The van der Waals surface area contributed by atoms with Gasteiger partial charge in [-0.15, -0.1) is 0 Å². The molecule has 2 atom stereocenters. The Bertz CT molecular complexity index is 358. The topological polar surface area (TPSA) is 15.3 Å². The number of nitrogens with zero attached hydrogens (tertiary/aromatic N) is 1. The van der Waals surface area contributed by atoms with Crippen molar-refractivity contribution in [2.75, 3.05) is 20.1 Å². The van der Waals surface area contributed by atoms with Crippen molar-refractivity contribution in [3.63, 3.8) is 0 Å². The normalized spacial score (nSPS) is 22.9. The molecule has 100 valence electrons. The lowest BCUT2D eigenvalue weighted by atomic mass is 10.0. The molecule has 0 aromatic heterocycles. The highest BCUT2D eigenvalue weighted by Gasteiger charge is 2.19. The zero-order valence-corrected chi connectivity index (χ0v) is 11.9. The fourth-order valence-electron chi connectivity index (χ4n) is 2.69. The first-order valence-corrected chi connectivity index (χ1v) is 7.17. The van der Waals surface area contributed by atoms with Crippen molar-refractivity contribution in [3.05, 3.63) is 35.4 Å². The zero-order chi connectivity index (χ0) is 13.0. The van der Waals surface area contributed by atoms with Crippen molar-refractivity contribution in [2.45, 2.75) is 45.2 Å². The van der Waals surface area contributed by atoms with Crippen LogP contribution in [0.5, 0.6) is 0 Å². The van der Waals surface area contributed by atoms with Crippen LogP contribution in [0.25, 0.3) is 0 Å². The molecule has 0 spiro atoms. The molecule has 1 aliphatic heterocycles. The summed E-state index contributed by atoms with van der Waals surface area (Å²) in [5.41, 5.74) is 2.72. The van der Waals surface area contributed by atoms with E-state index < -0.39 is 0 Å². The summed E-state index contributed by atoms with van der Waals surface area (Å²) in [6.07, 6.45) is 4.08. The Morgan fingerprint density at radius 2 is 2.00 bits per heavy atom. The van der Waals surface area contributed by atoms with Crippen LogP contribution in [0.2, 0.25) is 0 Å².